The van der Waals surface area contributed by atoms with Crippen LogP contribution in [0.3, 0.4) is 0 Å². The Morgan fingerprint density at radius 1 is 1.41 bits per heavy atom. The van der Waals surface area contributed by atoms with Crippen LogP contribution in [0.25, 0.3) is 11.1 Å². The van der Waals surface area contributed by atoms with E-state index in [1.807, 2.05) is 0 Å². The van der Waals surface area contributed by atoms with E-state index in [2.05, 4.69) is 5.10 Å². The molecule has 22 heavy (non-hydrogen) atoms. The van der Waals surface area contributed by atoms with Crippen LogP contribution in [0.15, 0.2) is 24.4 Å². The van der Waals surface area contributed by atoms with Gasteiger partial charge in [0.05, 0.1) is 11.3 Å². The molecule has 1 N–H and O–H groups in total. The van der Waals surface area contributed by atoms with Crippen molar-refractivity contribution in [2.75, 3.05) is 6.61 Å². The van der Waals surface area contributed by atoms with Crippen LogP contribution < -0.4 is 0 Å². The van der Waals surface area contributed by atoms with Gasteiger partial charge in [0, 0.05) is 17.2 Å². The molecule has 1 unspecified atom stereocenters. The van der Waals surface area contributed by atoms with E-state index < -0.39 is 4.92 Å². The molecular weight excluding hydrogens is 310 g/mol. The van der Waals surface area contributed by atoms with Crippen LogP contribution in [0.5, 0.6) is 5.75 Å². The lowest BCUT2D eigenvalue weighted by Gasteiger charge is -2.20. The number of rotatable bonds is 3. The number of benzene rings is 1. The lowest BCUT2D eigenvalue weighted by molar-refractivity contribution is -0.389. The number of nitro groups is 1. The van der Waals surface area contributed by atoms with E-state index >= 15 is 0 Å². The largest absolute Gasteiger partial charge is 0.507 e. The van der Waals surface area contributed by atoms with E-state index in [-0.39, 0.29) is 28.9 Å². The van der Waals surface area contributed by atoms with Crippen LogP contribution in [0.4, 0.5) is 5.82 Å². The maximum Gasteiger partial charge on any atom is 0.398 e. The zero-order chi connectivity index (χ0) is 15.7. The van der Waals surface area contributed by atoms with Gasteiger partial charge >= 0.3 is 5.82 Å². The topological polar surface area (TPSA) is 90.4 Å². The summed E-state index contributed by atoms with van der Waals surface area (Å²) in [5, 5.41) is 25.6. The highest BCUT2D eigenvalue weighted by Crippen LogP contribution is 2.38. The molecule has 0 saturated carbocycles. The predicted molar refractivity (Wildman–Crippen MR) is 79.8 cm³/mol. The van der Waals surface area contributed by atoms with E-state index in [1.54, 1.807) is 0 Å². The first-order chi connectivity index (χ1) is 10.6. The van der Waals surface area contributed by atoms with Crippen LogP contribution in [0.1, 0.15) is 25.5 Å². The predicted octanol–water partition coefficient (Wildman–Crippen LogP) is 3.52. The van der Waals surface area contributed by atoms with Crippen molar-refractivity contribution in [2.24, 2.45) is 0 Å². The normalized spacial score (nSPS) is 18.3. The van der Waals surface area contributed by atoms with Crippen molar-refractivity contribution >= 4 is 17.4 Å². The maximum absolute atomic E-state index is 11.3. The Hall–Kier alpha value is -2.12. The first kappa shape index (κ1) is 14.8. The third-order valence-corrected chi connectivity index (χ3v) is 3.82. The van der Waals surface area contributed by atoms with Crippen molar-refractivity contribution in [1.29, 1.82) is 0 Å². The fraction of sp³-hybridized carbons (Fsp3) is 0.357. The Balaban J connectivity index is 2.07. The molecule has 0 amide bonds. The number of aromatic hydroxyl groups is 1. The first-order valence-electron chi connectivity index (χ1n) is 6.90. The highest BCUT2D eigenvalue weighted by molar-refractivity contribution is 6.31. The van der Waals surface area contributed by atoms with Gasteiger partial charge in [-0.1, -0.05) is 11.6 Å². The SMILES string of the molecule is O=[N+]([O-])c1nn(C2CCCCO2)cc1-c1cc(Cl)ccc1O. The Bertz CT molecular complexity index is 710. The summed E-state index contributed by atoms with van der Waals surface area (Å²) in [6, 6.07) is 4.39. The van der Waals surface area contributed by atoms with Crippen LogP contribution in [-0.4, -0.2) is 26.4 Å². The maximum atomic E-state index is 11.3. The van der Waals surface area contributed by atoms with Crippen molar-refractivity contribution < 1.29 is 14.8 Å². The molecule has 0 bridgehead atoms. The van der Waals surface area contributed by atoms with E-state index in [1.165, 1.54) is 29.1 Å². The van der Waals surface area contributed by atoms with Gasteiger partial charge in [-0.2, -0.15) is 4.68 Å². The number of hydrogen-bond donors (Lipinski definition) is 1. The van der Waals surface area contributed by atoms with Gasteiger partial charge < -0.3 is 20.0 Å². The summed E-state index contributed by atoms with van der Waals surface area (Å²) in [6.07, 6.45) is 3.92. The van der Waals surface area contributed by atoms with Gasteiger partial charge in [-0.15, -0.1) is 0 Å². The zero-order valence-electron chi connectivity index (χ0n) is 11.6. The fourth-order valence-electron chi connectivity index (χ4n) is 2.51. The minimum Gasteiger partial charge on any atom is -0.507 e. The minimum atomic E-state index is -0.574. The molecule has 0 aliphatic carbocycles. The van der Waals surface area contributed by atoms with Crippen LogP contribution in [0, 0.1) is 10.1 Å². The second-order valence-electron chi connectivity index (χ2n) is 5.09. The fourth-order valence-corrected chi connectivity index (χ4v) is 2.68. The third kappa shape index (κ3) is 2.77. The summed E-state index contributed by atoms with van der Waals surface area (Å²) in [7, 11) is 0. The summed E-state index contributed by atoms with van der Waals surface area (Å²) in [6.45, 7) is 0.607. The molecule has 1 aliphatic rings. The van der Waals surface area contributed by atoms with Crippen LogP contribution >= 0.6 is 11.6 Å². The molecule has 1 fully saturated rings. The second-order valence-corrected chi connectivity index (χ2v) is 5.52. The van der Waals surface area contributed by atoms with Gasteiger partial charge in [0.25, 0.3) is 0 Å². The van der Waals surface area contributed by atoms with E-state index in [9.17, 15) is 15.2 Å². The number of nitrogens with zero attached hydrogens (tertiary/aromatic N) is 3. The molecule has 2 aromatic rings. The van der Waals surface area contributed by atoms with Gasteiger partial charge in [-0.3, -0.25) is 0 Å². The number of phenolic OH excluding ortho intramolecular Hbond substituents is 1. The second kappa shape index (κ2) is 5.94. The van der Waals surface area contributed by atoms with E-state index in [0.29, 0.717) is 11.6 Å². The summed E-state index contributed by atoms with van der Waals surface area (Å²) >= 11 is 5.92. The molecule has 3 rings (SSSR count). The summed E-state index contributed by atoms with van der Waals surface area (Å²) < 4.78 is 7.04. The van der Waals surface area contributed by atoms with Crippen molar-refractivity contribution in [3.63, 3.8) is 0 Å². The van der Waals surface area contributed by atoms with E-state index in [0.717, 1.165) is 19.3 Å². The minimum absolute atomic E-state index is 0.0865. The molecule has 0 radical (unpaired) electrons. The molecular formula is C14H14ClN3O4. The summed E-state index contributed by atoms with van der Waals surface area (Å²) in [4.78, 5) is 10.7. The highest BCUT2D eigenvalue weighted by Gasteiger charge is 2.28. The summed E-state index contributed by atoms with van der Waals surface area (Å²) in [5.41, 5.74) is 0.500. The Labute approximate surface area is 131 Å². The molecule has 8 heteroatoms. The Morgan fingerprint density at radius 3 is 2.91 bits per heavy atom. The third-order valence-electron chi connectivity index (χ3n) is 3.58. The van der Waals surface area contributed by atoms with Crippen LogP contribution in [0.2, 0.25) is 5.02 Å². The zero-order valence-corrected chi connectivity index (χ0v) is 12.4. The lowest BCUT2D eigenvalue weighted by atomic mass is 10.1. The van der Waals surface area contributed by atoms with Gasteiger partial charge in [-0.05, 0) is 42.4 Å². The number of phenols is 1. The van der Waals surface area contributed by atoms with Crippen molar-refractivity contribution in [1.82, 2.24) is 9.78 Å². The summed E-state index contributed by atoms with van der Waals surface area (Å²) in [5.74, 6) is -0.414. The average molecular weight is 324 g/mol. The standard InChI is InChI=1S/C14H14ClN3O4/c15-9-4-5-12(19)10(7-9)11-8-17(16-14(11)18(20)21)13-3-1-2-6-22-13/h4-5,7-8,13,19H,1-3,6H2. The van der Waals surface area contributed by atoms with Crippen molar-refractivity contribution in [3.05, 3.63) is 39.5 Å². The monoisotopic (exact) mass is 323 g/mol. The lowest BCUT2D eigenvalue weighted by Crippen LogP contribution is -2.18. The van der Waals surface area contributed by atoms with Crippen LogP contribution in [-0.2, 0) is 4.74 Å². The smallest absolute Gasteiger partial charge is 0.398 e. The molecule has 116 valence electrons. The molecule has 7 nitrogen and oxygen atoms in total. The average Bonchev–Trinajstić information content (AvgIpc) is 2.96. The molecule has 2 heterocycles. The van der Waals surface area contributed by atoms with Gasteiger partial charge in [0.15, 0.2) is 6.23 Å². The molecule has 0 spiro atoms. The number of hydrogen-bond acceptors (Lipinski definition) is 5. The molecule has 1 aliphatic heterocycles. The van der Waals surface area contributed by atoms with Crippen molar-refractivity contribution in [2.45, 2.75) is 25.5 Å². The highest BCUT2D eigenvalue weighted by atomic mass is 35.5. The number of aromatic nitrogens is 2. The molecule has 1 saturated heterocycles. The Kier molecular flexibility index (Phi) is 4.00. The van der Waals surface area contributed by atoms with Gasteiger partial charge in [-0.25, -0.2) is 0 Å². The molecule has 1 aromatic heterocycles. The first-order valence-corrected chi connectivity index (χ1v) is 7.28. The molecule has 1 atom stereocenters. The Morgan fingerprint density at radius 2 is 2.23 bits per heavy atom. The van der Waals surface area contributed by atoms with Gasteiger partial charge in [0.2, 0.25) is 0 Å². The van der Waals surface area contributed by atoms with Crippen molar-refractivity contribution in [3.8, 4) is 16.9 Å². The number of halogens is 1. The van der Waals surface area contributed by atoms with Gasteiger partial charge in [0.1, 0.15) is 11.3 Å². The quantitative estimate of drug-likeness (QED) is 0.689. The number of ether oxygens (including phenoxy) is 1. The van der Waals surface area contributed by atoms with E-state index in [4.69, 9.17) is 16.3 Å². The molecule has 1 aromatic carbocycles.